The summed E-state index contributed by atoms with van der Waals surface area (Å²) in [5, 5.41) is 14.0. The molecular formula is C20H20ClN3O3. The number of fused-ring (bicyclic) bond motifs is 1. The van der Waals surface area contributed by atoms with E-state index in [1.54, 1.807) is 0 Å². The molecule has 0 saturated heterocycles. The largest absolute Gasteiger partial charge is 0.481 e. The number of nitrogens with zero attached hydrogens (tertiary/aromatic N) is 3. The first-order chi connectivity index (χ1) is 13.1. The average Bonchev–Trinajstić information content (AvgIpc) is 3.26. The van der Waals surface area contributed by atoms with Crippen molar-refractivity contribution in [3.8, 4) is 11.3 Å². The molecule has 0 unspecified atom stereocenters. The molecule has 140 valence electrons. The number of aliphatic carboxylic acids is 1. The van der Waals surface area contributed by atoms with E-state index in [4.69, 9.17) is 21.1 Å². The smallest absolute Gasteiger partial charge is 0.303 e. The second kappa shape index (κ2) is 7.58. The molecule has 0 bridgehead atoms. The minimum atomic E-state index is -0.797. The van der Waals surface area contributed by atoms with Crippen molar-refractivity contribution < 1.29 is 14.3 Å². The highest BCUT2D eigenvalue weighted by Gasteiger charge is 2.20. The molecule has 1 aliphatic rings. The number of carboxylic acid groups (broad SMARTS) is 1. The Labute approximate surface area is 162 Å². The van der Waals surface area contributed by atoms with Gasteiger partial charge in [0.15, 0.2) is 0 Å². The normalized spacial score (nSPS) is 14.3. The molecule has 1 N–H and O–H groups in total. The Balaban J connectivity index is 1.42. The van der Waals surface area contributed by atoms with Gasteiger partial charge in [0.25, 0.3) is 0 Å². The van der Waals surface area contributed by atoms with Gasteiger partial charge >= 0.3 is 5.97 Å². The summed E-state index contributed by atoms with van der Waals surface area (Å²) in [4.78, 5) is 13.0. The Kier molecular flexibility index (Phi) is 5.01. The average molecular weight is 386 g/mol. The third kappa shape index (κ3) is 4.07. The van der Waals surface area contributed by atoms with E-state index in [1.165, 1.54) is 0 Å². The lowest BCUT2D eigenvalue weighted by molar-refractivity contribution is -0.136. The van der Waals surface area contributed by atoms with Crippen molar-refractivity contribution in [1.82, 2.24) is 14.7 Å². The maximum atomic E-state index is 10.7. The third-order valence-corrected chi connectivity index (χ3v) is 5.03. The van der Waals surface area contributed by atoms with Gasteiger partial charge in [0.1, 0.15) is 11.5 Å². The van der Waals surface area contributed by atoms with Gasteiger partial charge in [0.05, 0.1) is 35.9 Å². The number of carbonyl (C=O) groups is 1. The van der Waals surface area contributed by atoms with E-state index >= 15 is 0 Å². The van der Waals surface area contributed by atoms with E-state index < -0.39 is 5.97 Å². The van der Waals surface area contributed by atoms with Crippen LogP contribution < -0.4 is 0 Å². The molecule has 7 heteroatoms. The number of furan rings is 1. The summed E-state index contributed by atoms with van der Waals surface area (Å²) < 4.78 is 7.97. The highest BCUT2D eigenvalue weighted by atomic mass is 35.5. The highest BCUT2D eigenvalue weighted by Crippen LogP contribution is 2.29. The first-order valence-corrected chi connectivity index (χ1v) is 9.29. The van der Waals surface area contributed by atoms with Crippen LogP contribution in [0.25, 0.3) is 11.3 Å². The molecule has 27 heavy (non-hydrogen) atoms. The van der Waals surface area contributed by atoms with Crippen LogP contribution in [-0.2, 0) is 30.8 Å². The lowest BCUT2D eigenvalue weighted by Crippen LogP contribution is -2.33. The molecule has 4 rings (SSSR count). The first kappa shape index (κ1) is 17.8. The number of hydrogen-bond acceptors (Lipinski definition) is 4. The van der Waals surface area contributed by atoms with Crippen molar-refractivity contribution in [3.63, 3.8) is 0 Å². The lowest BCUT2D eigenvalue weighted by atomic mass is 10.2. The zero-order chi connectivity index (χ0) is 18.8. The third-order valence-electron chi connectivity index (χ3n) is 4.70. The van der Waals surface area contributed by atoms with Gasteiger partial charge in [-0.25, -0.2) is 0 Å². The summed E-state index contributed by atoms with van der Waals surface area (Å²) in [5.74, 6) is 0.868. The van der Waals surface area contributed by atoms with E-state index in [-0.39, 0.29) is 6.42 Å². The van der Waals surface area contributed by atoms with Crippen molar-refractivity contribution in [2.24, 2.45) is 0 Å². The van der Waals surface area contributed by atoms with E-state index in [0.29, 0.717) is 18.0 Å². The fourth-order valence-corrected chi connectivity index (χ4v) is 3.59. The van der Waals surface area contributed by atoms with E-state index in [0.717, 1.165) is 48.1 Å². The van der Waals surface area contributed by atoms with E-state index in [1.807, 2.05) is 47.1 Å². The van der Waals surface area contributed by atoms with Crippen LogP contribution >= 0.6 is 11.6 Å². The zero-order valence-electron chi connectivity index (χ0n) is 14.8. The van der Waals surface area contributed by atoms with Crippen LogP contribution in [0.4, 0.5) is 0 Å². The summed E-state index contributed by atoms with van der Waals surface area (Å²) in [6.45, 7) is 3.14. The topological polar surface area (TPSA) is 71.5 Å². The fraction of sp³-hybridized carbons (Fsp3) is 0.300. The van der Waals surface area contributed by atoms with Gasteiger partial charge in [-0.2, -0.15) is 5.10 Å². The molecule has 6 nitrogen and oxygen atoms in total. The number of aryl methyl sites for hydroxylation is 1. The molecule has 0 radical (unpaired) electrons. The summed E-state index contributed by atoms with van der Waals surface area (Å²) in [7, 11) is 0. The molecule has 0 atom stereocenters. The predicted octanol–water partition coefficient (Wildman–Crippen LogP) is 3.83. The Morgan fingerprint density at radius 2 is 2.07 bits per heavy atom. The Morgan fingerprint density at radius 3 is 2.89 bits per heavy atom. The van der Waals surface area contributed by atoms with Crippen LogP contribution in [0.3, 0.4) is 0 Å². The standard InChI is InChI=1S/C20H20ClN3O3/c21-18-4-2-1-3-17(18)19-7-6-16(27-19)13-23-9-10-24-15(12-23)11-14(22-24)5-8-20(25)26/h1-4,6-7,11H,5,8-10,12-13H2,(H,25,26). The minimum Gasteiger partial charge on any atom is -0.481 e. The van der Waals surface area contributed by atoms with E-state index in [2.05, 4.69) is 10.00 Å². The monoisotopic (exact) mass is 385 g/mol. The Morgan fingerprint density at radius 1 is 1.22 bits per heavy atom. The van der Waals surface area contributed by atoms with Crippen LogP contribution in [0.15, 0.2) is 46.9 Å². The number of benzene rings is 1. The van der Waals surface area contributed by atoms with Gasteiger partial charge in [-0.3, -0.25) is 14.4 Å². The van der Waals surface area contributed by atoms with Crippen molar-refractivity contribution >= 4 is 17.6 Å². The van der Waals surface area contributed by atoms with Crippen molar-refractivity contribution in [1.29, 1.82) is 0 Å². The lowest BCUT2D eigenvalue weighted by Gasteiger charge is -2.26. The van der Waals surface area contributed by atoms with Gasteiger partial charge < -0.3 is 9.52 Å². The maximum absolute atomic E-state index is 10.7. The maximum Gasteiger partial charge on any atom is 0.303 e. The molecule has 3 heterocycles. The molecular weight excluding hydrogens is 366 g/mol. The van der Waals surface area contributed by atoms with Gasteiger partial charge in [-0.15, -0.1) is 0 Å². The predicted molar refractivity (Wildman–Crippen MR) is 101 cm³/mol. The highest BCUT2D eigenvalue weighted by molar-refractivity contribution is 6.33. The van der Waals surface area contributed by atoms with Crippen LogP contribution in [-0.4, -0.2) is 32.3 Å². The Bertz CT molecular complexity index is 963. The molecule has 3 aromatic rings. The van der Waals surface area contributed by atoms with Crippen molar-refractivity contribution in [2.75, 3.05) is 6.54 Å². The summed E-state index contributed by atoms with van der Waals surface area (Å²) in [6, 6.07) is 13.6. The molecule has 0 amide bonds. The van der Waals surface area contributed by atoms with Gasteiger partial charge in [-0.05, 0) is 30.3 Å². The summed E-state index contributed by atoms with van der Waals surface area (Å²) in [5.41, 5.74) is 2.85. The molecule has 0 fully saturated rings. The number of hydrogen-bond donors (Lipinski definition) is 1. The SMILES string of the molecule is O=C(O)CCc1cc2n(n1)CCN(Cc1ccc(-c3ccccc3Cl)o1)C2. The number of halogens is 1. The molecule has 1 aliphatic heterocycles. The number of aromatic nitrogens is 2. The van der Waals surface area contributed by atoms with Gasteiger partial charge in [0, 0.05) is 25.1 Å². The van der Waals surface area contributed by atoms with Crippen LogP contribution in [0.5, 0.6) is 0 Å². The van der Waals surface area contributed by atoms with Gasteiger partial charge in [0.2, 0.25) is 0 Å². The molecule has 1 aromatic carbocycles. The van der Waals surface area contributed by atoms with E-state index in [9.17, 15) is 4.79 Å². The first-order valence-electron chi connectivity index (χ1n) is 8.92. The van der Waals surface area contributed by atoms with Crippen LogP contribution in [0, 0.1) is 0 Å². The molecule has 2 aromatic heterocycles. The molecule has 0 saturated carbocycles. The minimum absolute atomic E-state index is 0.109. The second-order valence-corrected chi connectivity index (χ2v) is 7.11. The summed E-state index contributed by atoms with van der Waals surface area (Å²) >= 11 is 6.25. The summed E-state index contributed by atoms with van der Waals surface area (Å²) in [6.07, 6.45) is 0.575. The quantitative estimate of drug-likeness (QED) is 0.698. The van der Waals surface area contributed by atoms with Crippen LogP contribution in [0.2, 0.25) is 5.02 Å². The fourth-order valence-electron chi connectivity index (χ4n) is 3.36. The van der Waals surface area contributed by atoms with Crippen LogP contribution in [0.1, 0.15) is 23.6 Å². The number of rotatable bonds is 6. The van der Waals surface area contributed by atoms with Crippen molar-refractivity contribution in [3.05, 3.63) is 64.6 Å². The second-order valence-electron chi connectivity index (χ2n) is 6.70. The number of carboxylic acids is 1. The molecule has 0 aliphatic carbocycles. The molecule has 0 spiro atoms. The van der Waals surface area contributed by atoms with Gasteiger partial charge in [-0.1, -0.05) is 23.7 Å². The zero-order valence-corrected chi connectivity index (χ0v) is 15.5. The Hall–Kier alpha value is -2.57. The van der Waals surface area contributed by atoms with Crippen molar-refractivity contribution in [2.45, 2.75) is 32.5 Å².